The summed E-state index contributed by atoms with van der Waals surface area (Å²) < 4.78 is 5.38. The Labute approximate surface area is 161 Å². The van der Waals surface area contributed by atoms with E-state index in [1.165, 1.54) is 11.3 Å². The van der Waals surface area contributed by atoms with Crippen LogP contribution < -0.4 is 5.32 Å². The van der Waals surface area contributed by atoms with Gasteiger partial charge >= 0.3 is 0 Å². The third kappa shape index (κ3) is 3.96. The van der Waals surface area contributed by atoms with E-state index in [1.54, 1.807) is 19.5 Å². The number of hydrogen-bond acceptors (Lipinski definition) is 7. The van der Waals surface area contributed by atoms with Crippen LogP contribution >= 0.6 is 11.3 Å². The van der Waals surface area contributed by atoms with Crippen LogP contribution in [0.5, 0.6) is 0 Å². The van der Waals surface area contributed by atoms with E-state index in [4.69, 9.17) is 4.74 Å². The summed E-state index contributed by atoms with van der Waals surface area (Å²) in [4.78, 5) is 21.4. The van der Waals surface area contributed by atoms with Crippen molar-refractivity contribution in [1.82, 2.24) is 20.2 Å². The van der Waals surface area contributed by atoms with Gasteiger partial charge in [0.1, 0.15) is 16.5 Å². The van der Waals surface area contributed by atoms with Gasteiger partial charge in [-0.3, -0.25) is 9.78 Å². The summed E-state index contributed by atoms with van der Waals surface area (Å²) in [7, 11) is 1.73. The van der Waals surface area contributed by atoms with Gasteiger partial charge in [0.2, 0.25) is 5.91 Å². The van der Waals surface area contributed by atoms with Gasteiger partial charge in [-0.05, 0) is 50.1 Å². The molecule has 0 unspecified atom stereocenters. The van der Waals surface area contributed by atoms with Gasteiger partial charge in [-0.2, -0.15) is 0 Å². The minimum absolute atomic E-state index is 0.0197. The van der Waals surface area contributed by atoms with Crippen LogP contribution in [0.25, 0.3) is 21.5 Å². The standard InChI is InChI=1S/C19H21N5O2S/c1-11-23-24-19(27-11)16-7-13-8-17(21-10-14(13)9-20-16)22-18(25)12-3-5-15(26-2)6-4-12/h7-10,12,15H,3-6H2,1-2H3,(H,21,22,25)/t12-,15+. The summed E-state index contributed by atoms with van der Waals surface area (Å²) in [6.45, 7) is 1.92. The van der Waals surface area contributed by atoms with Crippen LogP contribution in [-0.2, 0) is 9.53 Å². The quantitative estimate of drug-likeness (QED) is 0.740. The lowest BCUT2D eigenvalue weighted by molar-refractivity contribution is -0.121. The van der Waals surface area contributed by atoms with Gasteiger partial charge in [-0.25, -0.2) is 4.98 Å². The van der Waals surface area contributed by atoms with Crippen molar-refractivity contribution >= 4 is 33.8 Å². The van der Waals surface area contributed by atoms with Crippen molar-refractivity contribution in [3.63, 3.8) is 0 Å². The van der Waals surface area contributed by atoms with E-state index in [0.717, 1.165) is 52.2 Å². The maximum Gasteiger partial charge on any atom is 0.228 e. The highest BCUT2D eigenvalue weighted by molar-refractivity contribution is 7.14. The third-order valence-electron chi connectivity index (χ3n) is 4.98. The van der Waals surface area contributed by atoms with Crippen LogP contribution in [0, 0.1) is 12.8 Å². The molecule has 3 heterocycles. The molecule has 7 nitrogen and oxygen atoms in total. The van der Waals surface area contributed by atoms with Gasteiger partial charge in [-0.1, -0.05) is 11.3 Å². The predicted octanol–water partition coefficient (Wildman–Crippen LogP) is 3.60. The SMILES string of the molecule is CO[C@H]1CC[C@@H](C(=O)Nc2cc3cc(-c4nnc(C)s4)ncc3cn2)CC1. The second kappa shape index (κ2) is 7.66. The lowest BCUT2D eigenvalue weighted by Gasteiger charge is -2.26. The molecule has 3 aromatic rings. The molecule has 140 valence electrons. The number of aryl methyl sites for hydroxylation is 1. The molecule has 0 aliphatic heterocycles. The van der Waals surface area contributed by atoms with E-state index in [2.05, 4.69) is 25.5 Å². The fourth-order valence-electron chi connectivity index (χ4n) is 3.41. The van der Waals surface area contributed by atoms with E-state index >= 15 is 0 Å². The molecule has 1 fully saturated rings. The maximum absolute atomic E-state index is 12.6. The van der Waals surface area contributed by atoms with Crippen LogP contribution in [0.3, 0.4) is 0 Å². The Bertz CT molecular complexity index is 966. The summed E-state index contributed by atoms with van der Waals surface area (Å²) in [5, 5.41) is 14.7. The first-order chi connectivity index (χ1) is 13.1. The highest BCUT2D eigenvalue weighted by atomic mass is 32.1. The molecule has 1 amide bonds. The number of anilines is 1. The Kier molecular flexibility index (Phi) is 5.09. The van der Waals surface area contributed by atoms with Gasteiger partial charge in [-0.15, -0.1) is 10.2 Å². The topological polar surface area (TPSA) is 89.9 Å². The molecule has 1 N–H and O–H groups in total. The highest BCUT2D eigenvalue weighted by Gasteiger charge is 2.26. The number of hydrogen-bond donors (Lipinski definition) is 1. The molecule has 4 rings (SSSR count). The Hall–Kier alpha value is -2.45. The number of pyridine rings is 2. The molecule has 8 heteroatoms. The summed E-state index contributed by atoms with van der Waals surface area (Å²) in [5.74, 6) is 0.614. The average molecular weight is 383 g/mol. The van der Waals surface area contributed by atoms with Gasteiger partial charge in [0.15, 0.2) is 5.01 Å². The van der Waals surface area contributed by atoms with Crippen LogP contribution in [-0.4, -0.2) is 39.3 Å². The number of rotatable bonds is 4. The lowest BCUT2D eigenvalue weighted by atomic mass is 9.87. The molecular formula is C19H21N5O2S. The normalized spacial score (nSPS) is 19.9. The third-order valence-corrected chi connectivity index (χ3v) is 5.84. The van der Waals surface area contributed by atoms with Crippen molar-refractivity contribution in [3.05, 3.63) is 29.5 Å². The van der Waals surface area contributed by atoms with E-state index < -0.39 is 0 Å². The number of carbonyl (C=O) groups excluding carboxylic acids is 1. The highest BCUT2D eigenvalue weighted by Crippen LogP contribution is 2.28. The molecule has 1 saturated carbocycles. The zero-order chi connectivity index (χ0) is 18.8. The van der Waals surface area contributed by atoms with Crippen LogP contribution in [0.1, 0.15) is 30.7 Å². The fourth-order valence-corrected chi connectivity index (χ4v) is 4.07. The first-order valence-corrected chi connectivity index (χ1v) is 9.84. The Morgan fingerprint density at radius 3 is 2.59 bits per heavy atom. The summed E-state index contributed by atoms with van der Waals surface area (Å²) in [6.07, 6.45) is 7.33. The Morgan fingerprint density at radius 2 is 1.89 bits per heavy atom. The van der Waals surface area contributed by atoms with E-state index in [-0.39, 0.29) is 17.9 Å². The van der Waals surface area contributed by atoms with Gasteiger partial charge < -0.3 is 10.1 Å². The molecular weight excluding hydrogens is 362 g/mol. The molecule has 27 heavy (non-hydrogen) atoms. The monoisotopic (exact) mass is 383 g/mol. The van der Waals surface area contributed by atoms with Crippen molar-refractivity contribution < 1.29 is 9.53 Å². The van der Waals surface area contributed by atoms with E-state index in [0.29, 0.717) is 5.82 Å². The minimum Gasteiger partial charge on any atom is -0.381 e. The molecule has 0 atom stereocenters. The van der Waals surface area contributed by atoms with Crippen LogP contribution in [0.2, 0.25) is 0 Å². The zero-order valence-corrected chi connectivity index (χ0v) is 16.1. The molecule has 0 radical (unpaired) electrons. The lowest BCUT2D eigenvalue weighted by Crippen LogP contribution is -2.29. The molecule has 1 aliphatic rings. The van der Waals surface area contributed by atoms with Crippen LogP contribution in [0.15, 0.2) is 24.5 Å². The van der Waals surface area contributed by atoms with E-state index in [1.807, 2.05) is 19.1 Å². The second-order valence-corrected chi connectivity index (χ2v) is 7.99. The molecule has 0 bridgehead atoms. The Morgan fingerprint density at radius 1 is 1.11 bits per heavy atom. The molecule has 0 aromatic carbocycles. The number of carbonyl (C=O) groups is 1. The largest absolute Gasteiger partial charge is 0.381 e. The first kappa shape index (κ1) is 17.9. The van der Waals surface area contributed by atoms with Crippen molar-refractivity contribution in [2.45, 2.75) is 38.7 Å². The summed E-state index contributed by atoms with van der Waals surface area (Å²) >= 11 is 1.50. The fraction of sp³-hybridized carbons (Fsp3) is 0.421. The Balaban J connectivity index is 1.51. The first-order valence-electron chi connectivity index (χ1n) is 9.02. The van der Waals surface area contributed by atoms with Crippen molar-refractivity contribution in [3.8, 4) is 10.7 Å². The predicted molar refractivity (Wildman–Crippen MR) is 105 cm³/mol. The summed E-state index contributed by atoms with van der Waals surface area (Å²) in [5.41, 5.74) is 0.773. The van der Waals surface area contributed by atoms with Gasteiger partial charge in [0, 0.05) is 30.8 Å². The van der Waals surface area contributed by atoms with Crippen LogP contribution in [0.4, 0.5) is 5.82 Å². The number of aromatic nitrogens is 4. The van der Waals surface area contributed by atoms with E-state index in [9.17, 15) is 4.79 Å². The van der Waals surface area contributed by atoms with Crippen molar-refractivity contribution in [2.24, 2.45) is 5.92 Å². The number of fused-ring (bicyclic) bond motifs is 1. The molecule has 1 aliphatic carbocycles. The van der Waals surface area contributed by atoms with Crippen molar-refractivity contribution in [1.29, 1.82) is 0 Å². The zero-order valence-electron chi connectivity index (χ0n) is 15.3. The molecule has 0 saturated heterocycles. The molecule has 3 aromatic heterocycles. The molecule has 0 spiro atoms. The second-order valence-electron chi connectivity index (χ2n) is 6.81. The number of nitrogens with one attached hydrogen (secondary N) is 1. The smallest absolute Gasteiger partial charge is 0.228 e. The maximum atomic E-state index is 12.6. The van der Waals surface area contributed by atoms with Crippen molar-refractivity contribution in [2.75, 3.05) is 12.4 Å². The number of nitrogens with zero attached hydrogens (tertiary/aromatic N) is 4. The average Bonchev–Trinajstić information content (AvgIpc) is 3.14. The van der Waals surface area contributed by atoms with Gasteiger partial charge in [0.05, 0.1) is 6.10 Å². The summed E-state index contributed by atoms with van der Waals surface area (Å²) in [6, 6.07) is 3.84. The minimum atomic E-state index is 0.0197. The number of ether oxygens (including phenoxy) is 1. The van der Waals surface area contributed by atoms with Gasteiger partial charge in [0.25, 0.3) is 0 Å². The number of methoxy groups -OCH3 is 1. The number of amides is 1.